The average Bonchev–Trinajstić information content (AvgIpc) is 2.30. The van der Waals surface area contributed by atoms with Gasteiger partial charge in [0, 0.05) is 14.2 Å². The fourth-order valence-corrected chi connectivity index (χ4v) is 2.41. The van der Waals surface area contributed by atoms with E-state index in [4.69, 9.17) is 16.7 Å². The van der Waals surface area contributed by atoms with Crippen molar-refractivity contribution < 1.29 is 9.90 Å². The molecular formula is C12H8ClIN2O3. The van der Waals surface area contributed by atoms with Gasteiger partial charge >= 0.3 is 5.97 Å². The van der Waals surface area contributed by atoms with Crippen LogP contribution in [0.1, 0.15) is 16.1 Å². The minimum atomic E-state index is -1.29. The number of hydrogen-bond acceptors (Lipinski definition) is 3. The Bertz CT molecular complexity index is 727. The molecule has 0 bridgehead atoms. The van der Waals surface area contributed by atoms with E-state index in [-0.39, 0.29) is 11.3 Å². The second kappa shape index (κ2) is 5.30. The zero-order chi connectivity index (χ0) is 14.2. The number of nitrogens with zero attached hydrogens (tertiary/aromatic N) is 1. The summed E-state index contributed by atoms with van der Waals surface area (Å²) in [7, 11) is 0. The lowest BCUT2D eigenvalue weighted by Gasteiger charge is -2.07. The molecule has 2 aromatic rings. The zero-order valence-electron chi connectivity index (χ0n) is 9.70. The van der Waals surface area contributed by atoms with E-state index in [1.54, 1.807) is 18.2 Å². The fourth-order valence-electron chi connectivity index (χ4n) is 1.64. The summed E-state index contributed by atoms with van der Waals surface area (Å²) in [5.41, 5.74) is -0.196. The zero-order valence-corrected chi connectivity index (χ0v) is 12.6. The number of nitrogens with one attached hydrogen (secondary N) is 1. The largest absolute Gasteiger partial charge is 0.477 e. The van der Waals surface area contributed by atoms with Crippen LogP contribution in [0.4, 0.5) is 0 Å². The molecule has 0 spiro atoms. The van der Waals surface area contributed by atoms with Crippen molar-refractivity contribution in [1.29, 1.82) is 0 Å². The molecule has 0 atom stereocenters. The Morgan fingerprint density at radius 3 is 2.74 bits per heavy atom. The van der Waals surface area contributed by atoms with Gasteiger partial charge in [0.15, 0.2) is 0 Å². The van der Waals surface area contributed by atoms with Crippen LogP contribution >= 0.6 is 34.2 Å². The van der Waals surface area contributed by atoms with E-state index in [0.29, 0.717) is 16.4 Å². The highest BCUT2D eigenvalue weighted by atomic mass is 127. The molecule has 0 fully saturated rings. The number of H-pyrrole nitrogens is 1. The van der Waals surface area contributed by atoms with Crippen molar-refractivity contribution in [3.8, 4) is 11.4 Å². The Balaban J connectivity index is 2.68. The van der Waals surface area contributed by atoms with Gasteiger partial charge in [-0.3, -0.25) is 4.79 Å². The summed E-state index contributed by atoms with van der Waals surface area (Å²) in [6, 6.07) is 5.18. The molecule has 0 saturated heterocycles. The van der Waals surface area contributed by atoms with E-state index < -0.39 is 11.5 Å². The highest BCUT2D eigenvalue weighted by Gasteiger charge is 2.16. The van der Waals surface area contributed by atoms with Gasteiger partial charge in [0.25, 0.3) is 5.56 Å². The van der Waals surface area contributed by atoms with Crippen molar-refractivity contribution >= 4 is 40.2 Å². The van der Waals surface area contributed by atoms with Gasteiger partial charge in [-0.1, -0.05) is 11.6 Å². The van der Waals surface area contributed by atoms with Crippen LogP contribution in [0, 0.1) is 10.5 Å². The summed E-state index contributed by atoms with van der Waals surface area (Å²) >= 11 is 8.00. The third-order valence-electron chi connectivity index (χ3n) is 2.50. The van der Waals surface area contributed by atoms with Gasteiger partial charge in [-0.05, 0) is 47.7 Å². The molecule has 1 heterocycles. The molecule has 19 heavy (non-hydrogen) atoms. The molecule has 5 nitrogen and oxygen atoms in total. The van der Waals surface area contributed by atoms with Crippen LogP contribution < -0.4 is 5.56 Å². The Kier molecular flexibility index (Phi) is 3.91. The first-order valence-corrected chi connectivity index (χ1v) is 6.65. The molecule has 0 radical (unpaired) electrons. The molecule has 0 aliphatic heterocycles. The number of aryl methyl sites for hydroxylation is 1. The van der Waals surface area contributed by atoms with Crippen molar-refractivity contribution in [1.82, 2.24) is 9.97 Å². The summed E-state index contributed by atoms with van der Waals surface area (Å²) in [6.07, 6.45) is 0. The maximum atomic E-state index is 11.8. The second-order valence-electron chi connectivity index (χ2n) is 3.80. The van der Waals surface area contributed by atoms with Gasteiger partial charge in [-0.25, -0.2) is 9.78 Å². The van der Waals surface area contributed by atoms with Crippen LogP contribution in [-0.2, 0) is 0 Å². The number of carboxylic acid groups (broad SMARTS) is 1. The van der Waals surface area contributed by atoms with Crippen molar-refractivity contribution in [2.75, 3.05) is 0 Å². The Morgan fingerprint density at radius 1 is 1.47 bits per heavy atom. The van der Waals surface area contributed by atoms with Gasteiger partial charge < -0.3 is 10.1 Å². The number of benzene rings is 1. The first kappa shape index (κ1) is 14.0. The predicted octanol–water partition coefficient (Wildman–Crippen LogP) is 2.70. The average molecular weight is 391 g/mol. The van der Waals surface area contributed by atoms with Crippen molar-refractivity contribution in [3.63, 3.8) is 0 Å². The van der Waals surface area contributed by atoms with E-state index in [2.05, 4.69) is 32.6 Å². The van der Waals surface area contributed by atoms with Gasteiger partial charge in [-0.15, -0.1) is 0 Å². The number of hydrogen-bond donors (Lipinski definition) is 2. The van der Waals surface area contributed by atoms with Crippen LogP contribution in [0.2, 0.25) is 5.02 Å². The predicted molar refractivity (Wildman–Crippen MR) is 79.7 cm³/mol. The second-order valence-corrected chi connectivity index (χ2v) is 5.40. The quantitative estimate of drug-likeness (QED) is 0.773. The van der Waals surface area contributed by atoms with Crippen LogP contribution in [-0.4, -0.2) is 21.0 Å². The topological polar surface area (TPSA) is 83.0 Å². The van der Waals surface area contributed by atoms with Crippen LogP contribution in [0.25, 0.3) is 11.4 Å². The van der Waals surface area contributed by atoms with Crippen molar-refractivity contribution in [3.05, 3.63) is 48.4 Å². The minimum Gasteiger partial charge on any atom is -0.477 e. The lowest BCUT2D eigenvalue weighted by atomic mass is 10.2. The molecule has 1 aromatic heterocycles. The summed E-state index contributed by atoms with van der Waals surface area (Å²) in [6.45, 7) is 1.49. The number of aromatic nitrogens is 2. The lowest BCUT2D eigenvalue weighted by Crippen LogP contribution is -2.21. The van der Waals surface area contributed by atoms with Gasteiger partial charge in [0.2, 0.25) is 0 Å². The smallest absolute Gasteiger partial charge is 0.343 e. The molecule has 0 aliphatic rings. The van der Waals surface area contributed by atoms with E-state index in [1.165, 1.54) is 6.92 Å². The molecule has 0 aliphatic carbocycles. The van der Waals surface area contributed by atoms with Gasteiger partial charge in [0.1, 0.15) is 11.4 Å². The minimum absolute atomic E-state index is 0.169. The van der Waals surface area contributed by atoms with E-state index in [0.717, 1.165) is 3.57 Å². The summed E-state index contributed by atoms with van der Waals surface area (Å²) in [4.78, 5) is 29.3. The summed E-state index contributed by atoms with van der Waals surface area (Å²) in [5.74, 6) is -0.988. The van der Waals surface area contributed by atoms with Crippen LogP contribution in [0.15, 0.2) is 23.0 Å². The molecule has 0 unspecified atom stereocenters. The Labute approximate surface area is 126 Å². The summed E-state index contributed by atoms with van der Waals surface area (Å²) in [5, 5.41) is 9.44. The number of aromatic amines is 1. The number of aromatic carboxylic acids is 1. The SMILES string of the molecule is Cc1nc(-c2cc(Cl)ccc2I)[nH]c(=O)c1C(=O)O. The number of carboxylic acids is 1. The van der Waals surface area contributed by atoms with Crippen LogP contribution in [0.5, 0.6) is 0 Å². The molecule has 0 amide bonds. The molecule has 98 valence electrons. The Hall–Kier alpha value is -1.41. The first-order valence-electron chi connectivity index (χ1n) is 5.20. The molecular weight excluding hydrogens is 383 g/mol. The maximum absolute atomic E-state index is 11.8. The van der Waals surface area contributed by atoms with E-state index in [1.807, 2.05) is 0 Å². The highest BCUT2D eigenvalue weighted by Crippen LogP contribution is 2.25. The first-order chi connectivity index (χ1) is 8.90. The third-order valence-corrected chi connectivity index (χ3v) is 3.67. The van der Waals surface area contributed by atoms with Gasteiger partial charge in [-0.2, -0.15) is 0 Å². The monoisotopic (exact) mass is 390 g/mol. The van der Waals surface area contributed by atoms with Crippen molar-refractivity contribution in [2.24, 2.45) is 0 Å². The highest BCUT2D eigenvalue weighted by molar-refractivity contribution is 14.1. The molecule has 1 aromatic carbocycles. The Morgan fingerprint density at radius 2 is 2.16 bits per heavy atom. The molecule has 7 heteroatoms. The standard InChI is InChI=1S/C12H8ClIN2O3/c1-5-9(12(18)19)11(17)16-10(15-5)7-4-6(13)2-3-8(7)14/h2-4H,1H3,(H,18,19)(H,15,16,17). The summed E-state index contributed by atoms with van der Waals surface area (Å²) < 4.78 is 0.854. The van der Waals surface area contributed by atoms with Gasteiger partial charge in [0.05, 0.1) is 5.69 Å². The number of halogens is 2. The molecule has 2 N–H and O–H groups in total. The normalized spacial score (nSPS) is 10.5. The molecule has 2 rings (SSSR count). The van der Waals surface area contributed by atoms with Crippen molar-refractivity contribution in [2.45, 2.75) is 6.92 Å². The van der Waals surface area contributed by atoms with E-state index >= 15 is 0 Å². The lowest BCUT2D eigenvalue weighted by molar-refractivity contribution is 0.0693. The fraction of sp³-hybridized carbons (Fsp3) is 0.0833. The maximum Gasteiger partial charge on any atom is 0.343 e. The van der Waals surface area contributed by atoms with Crippen LogP contribution in [0.3, 0.4) is 0 Å². The third kappa shape index (κ3) is 2.79. The molecule has 0 saturated carbocycles. The number of rotatable bonds is 2. The number of carbonyl (C=O) groups is 1. The van der Waals surface area contributed by atoms with E-state index in [9.17, 15) is 9.59 Å².